The van der Waals surface area contributed by atoms with Gasteiger partial charge >= 0.3 is 12.1 Å². The zero-order valence-electron chi connectivity index (χ0n) is 24.3. The number of imidazole rings is 1. The maximum absolute atomic E-state index is 12.5. The Morgan fingerprint density at radius 1 is 0.929 bits per heavy atom. The number of rotatable bonds is 9. The Bertz CT molecular complexity index is 1390. The Morgan fingerprint density at radius 3 is 1.93 bits per heavy atom. The molecular weight excluding hydrogens is 528 g/mol. The lowest BCUT2D eigenvalue weighted by Crippen LogP contribution is -2.45. The van der Waals surface area contributed by atoms with Gasteiger partial charge in [-0.15, -0.1) is 0 Å². The maximum atomic E-state index is 12.5. The third-order valence-corrected chi connectivity index (χ3v) is 7.67. The van der Waals surface area contributed by atoms with Crippen LogP contribution in [0.2, 0.25) is 0 Å². The van der Waals surface area contributed by atoms with Gasteiger partial charge in [-0.25, -0.2) is 9.78 Å². The van der Waals surface area contributed by atoms with Gasteiger partial charge < -0.3 is 19.7 Å². The van der Waals surface area contributed by atoms with Crippen LogP contribution in [0.4, 0.5) is 4.79 Å². The summed E-state index contributed by atoms with van der Waals surface area (Å²) in [5.41, 5.74) is 2.56. The zero-order chi connectivity index (χ0) is 29.7. The number of ether oxygens (including phenoxy) is 1. The van der Waals surface area contributed by atoms with E-state index in [0.29, 0.717) is 25.2 Å². The summed E-state index contributed by atoms with van der Waals surface area (Å²) in [5, 5.41) is 13.1. The average Bonchev–Trinajstić information content (AvgIpc) is 3.63. The molecule has 2 N–H and O–H groups in total. The van der Waals surface area contributed by atoms with Crippen molar-refractivity contribution in [2.75, 3.05) is 13.1 Å². The summed E-state index contributed by atoms with van der Waals surface area (Å²) in [4.78, 5) is 31.4. The number of nitrogens with zero attached hydrogens (tertiary/aromatic N) is 3. The Labute approximate surface area is 247 Å². The number of aliphatic carboxylic acids is 1. The van der Waals surface area contributed by atoms with Gasteiger partial charge in [0.1, 0.15) is 17.2 Å². The first-order chi connectivity index (χ1) is 20.2. The van der Waals surface area contributed by atoms with Crippen molar-refractivity contribution in [3.8, 4) is 0 Å². The average molecular weight is 567 g/mol. The van der Waals surface area contributed by atoms with E-state index in [9.17, 15) is 14.7 Å². The standard InChI is InChI=1S/C34H38N4O4/c1-33(2,3)42-32(41)36-28-19-20-37(22-28)30(31(39)40)21-29-23-38(24-35-29)34(25-13-7-4-8-14-25,26-15-9-5-10-16-26)27-17-11-6-12-18-27/h4-18,23-24,28,30H,19-22H2,1-3H3,(H,36,41)(H,39,40). The summed E-state index contributed by atoms with van der Waals surface area (Å²) in [6, 6.07) is 29.9. The van der Waals surface area contributed by atoms with Crippen molar-refractivity contribution in [2.24, 2.45) is 0 Å². The zero-order valence-corrected chi connectivity index (χ0v) is 24.3. The van der Waals surface area contributed by atoms with E-state index in [0.717, 1.165) is 16.7 Å². The molecule has 5 rings (SSSR count). The Morgan fingerprint density at radius 2 is 1.45 bits per heavy atom. The number of carboxylic acid groups (broad SMARTS) is 1. The smallest absolute Gasteiger partial charge is 0.407 e. The SMILES string of the molecule is CC(C)(C)OC(=O)NC1CCN(C(Cc2cn(C(c3ccccc3)(c3ccccc3)c3ccccc3)cn2)C(=O)O)C1. The van der Waals surface area contributed by atoms with Crippen LogP contribution in [0.1, 0.15) is 49.6 Å². The highest BCUT2D eigenvalue weighted by Crippen LogP contribution is 2.40. The minimum Gasteiger partial charge on any atom is -0.480 e. The molecule has 2 unspecified atom stereocenters. The summed E-state index contributed by atoms with van der Waals surface area (Å²) in [6.07, 6.45) is 4.17. The molecule has 1 aliphatic rings. The van der Waals surface area contributed by atoms with E-state index < -0.39 is 29.2 Å². The first-order valence-electron chi connectivity index (χ1n) is 14.3. The number of nitrogens with one attached hydrogen (secondary N) is 1. The fraction of sp³-hybridized carbons (Fsp3) is 0.324. The van der Waals surface area contributed by atoms with Gasteiger partial charge in [0, 0.05) is 31.7 Å². The highest BCUT2D eigenvalue weighted by Gasteiger charge is 2.39. The second-order valence-corrected chi connectivity index (χ2v) is 11.8. The summed E-state index contributed by atoms with van der Waals surface area (Å²) in [7, 11) is 0. The fourth-order valence-electron chi connectivity index (χ4n) is 5.87. The lowest BCUT2D eigenvalue weighted by molar-refractivity contribution is -0.142. The number of hydrogen-bond donors (Lipinski definition) is 2. The monoisotopic (exact) mass is 566 g/mol. The summed E-state index contributed by atoms with van der Waals surface area (Å²) < 4.78 is 7.48. The molecule has 3 aromatic carbocycles. The van der Waals surface area contributed by atoms with Gasteiger partial charge in [-0.2, -0.15) is 0 Å². The molecule has 1 saturated heterocycles. The van der Waals surface area contributed by atoms with E-state index in [1.807, 2.05) is 86.5 Å². The Kier molecular flexibility index (Phi) is 8.45. The maximum Gasteiger partial charge on any atom is 0.407 e. The van der Waals surface area contributed by atoms with E-state index in [-0.39, 0.29) is 12.5 Å². The molecule has 8 nitrogen and oxygen atoms in total. The van der Waals surface area contributed by atoms with Gasteiger partial charge in [0.15, 0.2) is 0 Å². The number of carbonyl (C=O) groups excluding carboxylic acids is 1. The molecule has 2 atom stereocenters. The van der Waals surface area contributed by atoms with E-state index in [2.05, 4.69) is 46.3 Å². The molecule has 0 aliphatic carbocycles. The molecule has 1 fully saturated rings. The van der Waals surface area contributed by atoms with Crippen LogP contribution >= 0.6 is 0 Å². The van der Waals surface area contributed by atoms with Gasteiger partial charge in [0.05, 0.1) is 12.0 Å². The molecule has 1 aromatic heterocycles. The Balaban J connectivity index is 1.45. The topological polar surface area (TPSA) is 96.7 Å². The number of aromatic nitrogens is 2. The third kappa shape index (κ3) is 6.24. The summed E-state index contributed by atoms with van der Waals surface area (Å²) in [5.74, 6) is -0.914. The second-order valence-electron chi connectivity index (χ2n) is 11.8. The quantitative estimate of drug-likeness (QED) is 0.266. The molecule has 0 radical (unpaired) electrons. The van der Waals surface area contributed by atoms with Crippen LogP contribution in [0.25, 0.3) is 0 Å². The van der Waals surface area contributed by atoms with Gasteiger partial charge in [-0.3, -0.25) is 9.69 Å². The van der Waals surface area contributed by atoms with Crippen molar-refractivity contribution >= 4 is 12.1 Å². The molecule has 2 heterocycles. The minimum absolute atomic E-state index is 0.179. The van der Waals surface area contributed by atoms with Gasteiger partial charge in [-0.05, 0) is 43.9 Å². The molecule has 0 spiro atoms. The molecule has 1 amide bonds. The first kappa shape index (κ1) is 29.1. The number of amides is 1. The molecule has 0 bridgehead atoms. The number of carbonyl (C=O) groups is 2. The van der Waals surface area contributed by atoms with Crippen molar-refractivity contribution in [1.29, 1.82) is 0 Å². The number of alkyl carbamates (subject to hydrolysis) is 1. The molecule has 1 aliphatic heterocycles. The largest absolute Gasteiger partial charge is 0.480 e. The van der Waals surface area contributed by atoms with Crippen LogP contribution in [-0.4, -0.2) is 62.4 Å². The van der Waals surface area contributed by atoms with Crippen molar-refractivity contribution in [3.63, 3.8) is 0 Å². The van der Waals surface area contributed by atoms with Gasteiger partial charge in [0.25, 0.3) is 0 Å². The molecule has 218 valence electrons. The highest BCUT2D eigenvalue weighted by molar-refractivity contribution is 5.74. The minimum atomic E-state index is -0.914. The van der Waals surface area contributed by atoms with Crippen LogP contribution in [-0.2, 0) is 21.5 Å². The normalized spacial score (nSPS) is 16.6. The van der Waals surface area contributed by atoms with Crippen molar-refractivity contribution < 1.29 is 19.4 Å². The highest BCUT2D eigenvalue weighted by atomic mass is 16.6. The van der Waals surface area contributed by atoms with Crippen molar-refractivity contribution in [3.05, 3.63) is 126 Å². The van der Waals surface area contributed by atoms with Gasteiger partial charge in [-0.1, -0.05) is 91.0 Å². The number of benzene rings is 3. The predicted molar refractivity (Wildman–Crippen MR) is 161 cm³/mol. The summed E-state index contributed by atoms with van der Waals surface area (Å²) >= 11 is 0. The lowest BCUT2D eigenvalue weighted by Gasteiger charge is -2.37. The van der Waals surface area contributed by atoms with Crippen molar-refractivity contribution in [1.82, 2.24) is 19.8 Å². The van der Waals surface area contributed by atoms with E-state index >= 15 is 0 Å². The molecule has 4 aromatic rings. The lowest BCUT2D eigenvalue weighted by atomic mass is 9.77. The number of likely N-dealkylation sites (tertiary alicyclic amines) is 1. The molecule has 42 heavy (non-hydrogen) atoms. The first-order valence-corrected chi connectivity index (χ1v) is 14.3. The van der Waals surface area contributed by atoms with Gasteiger partial charge in [0.2, 0.25) is 0 Å². The molecular formula is C34H38N4O4. The van der Waals surface area contributed by atoms with Crippen LogP contribution in [0, 0.1) is 0 Å². The predicted octanol–water partition coefficient (Wildman–Crippen LogP) is 5.32. The van der Waals surface area contributed by atoms with Crippen LogP contribution < -0.4 is 5.32 Å². The van der Waals surface area contributed by atoms with Crippen LogP contribution in [0.5, 0.6) is 0 Å². The number of hydrogen-bond acceptors (Lipinski definition) is 5. The van der Waals surface area contributed by atoms with Crippen molar-refractivity contribution in [2.45, 2.75) is 56.8 Å². The Hall–Kier alpha value is -4.43. The van der Waals surface area contributed by atoms with E-state index in [1.54, 1.807) is 6.33 Å². The molecule has 0 saturated carbocycles. The third-order valence-electron chi connectivity index (χ3n) is 7.67. The molecule has 8 heteroatoms. The van der Waals surface area contributed by atoms with E-state index in [1.165, 1.54) is 0 Å². The van der Waals surface area contributed by atoms with Crippen LogP contribution in [0.3, 0.4) is 0 Å². The number of carboxylic acids is 1. The van der Waals surface area contributed by atoms with E-state index in [4.69, 9.17) is 9.72 Å². The fourth-order valence-corrected chi connectivity index (χ4v) is 5.87. The van der Waals surface area contributed by atoms with Crippen LogP contribution in [0.15, 0.2) is 104 Å². The summed E-state index contributed by atoms with van der Waals surface area (Å²) in [6.45, 7) is 6.43. The second kappa shape index (κ2) is 12.2.